The van der Waals surface area contributed by atoms with E-state index < -0.39 is 4.92 Å². The van der Waals surface area contributed by atoms with E-state index in [2.05, 4.69) is 5.43 Å². The van der Waals surface area contributed by atoms with Crippen LogP contribution >= 0.6 is 0 Å². The molecule has 0 atom stereocenters. The molecule has 0 fully saturated rings. The number of anilines is 1. The monoisotopic (exact) mass is 256 g/mol. The Morgan fingerprint density at radius 2 is 1.89 bits per heavy atom. The average molecular weight is 256 g/mol. The molecule has 6 heteroatoms. The van der Waals surface area contributed by atoms with E-state index in [9.17, 15) is 10.1 Å². The van der Waals surface area contributed by atoms with Gasteiger partial charge in [-0.2, -0.15) is 5.26 Å². The van der Waals surface area contributed by atoms with Crippen LogP contribution in [0.25, 0.3) is 0 Å². The smallest absolute Gasteiger partial charge is 0.270 e. The van der Waals surface area contributed by atoms with Crippen LogP contribution in [0.4, 0.5) is 11.4 Å². The quantitative estimate of drug-likeness (QED) is 0.676. The van der Waals surface area contributed by atoms with Gasteiger partial charge in [0.25, 0.3) is 5.69 Å². The van der Waals surface area contributed by atoms with Crippen molar-refractivity contribution in [2.24, 2.45) is 0 Å². The number of non-ortho nitro benzene ring substituents is 1. The van der Waals surface area contributed by atoms with Gasteiger partial charge in [0.15, 0.2) is 0 Å². The predicted octanol–water partition coefficient (Wildman–Crippen LogP) is 2.76. The lowest BCUT2D eigenvalue weighted by Gasteiger charge is -2.13. The van der Waals surface area contributed by atoms with Crippen molar-refractivity contribution in [3.8, 4) is 6.07 Å². The maximum atomic E-state index is 10.7. The molecule has 1 aromatic heterocycles. The highest BCUT2D eigenvalue weighted by Crippen LogP contribution is 2.22. The van der Waals surface area contributed by atoms with Crippen molar-refractivity contribution < 1.29 is 4.92 Å². The maximum absolute atomic E-state index is 10.7. The summed E-state index contributed by atoms with van der Waals surface area (Å²) in [6.45, 7) is 3.86. The number of benzene rings is 1. The molecule has 0 saturated carbocycles. The lowest BCUT2D eigenvalue weighted by atomic mass is 10.2. The molecule has 2 aromatic rings. The summed E-state index contributed by atoms with van der Waals surface area (Å²) in [6, 6.07) is 10.0. The second kappa shape index (κ2) is 4.82. The first kappa shape index (κ1) is 12.6. The Kier molecular flexibility index (Phi) is 3.21. The number of aromatic nitrogens is 1. The third-order valence-electron chi connectivity index (χ3n) is 2.84. The fourth-order valence-electron chi connectivity index (χ4n) is 1.80. The third kappa shape index (κ3) is 2.40. The van der Waals surface area contributed by atoms with E-state index in [1.54, 1.807) is 0 Å². The van der Waals surface area contributed by atoms with E-state index in [1.165, 1.54) is 18.2 Å². The summed E-state index contributed by atoms with van der Waals surface area (Å²) in [5.74, 6) is 0. The Morgan fingerprint density at radius 3 is 2.42 bits per heavy atom. The van der Waals surface area contributed by atoms with Gasteiger partial charge in [0, 0.05) is 23.5 Å². The van der Waals surface area contributed by atoms with Crippen molar-refractivity contribution >= 4 is 11.4 Å². The number of hydrogen-bond donors (Lipinski definition) is 1. The van der Waals surface area contributed by atoms with Crippen LogP contribution in [0.15, 0.2) is 30.3 Å². The number of aryl methyl sites for hydroxylation is 2. The van der Waals surface area contributed by atoms with Crippen LogP contribution in [-0.4, -0.2) is 9.60 Å². The van der Waals surface area contributed by atoms with E-state index >= 15 is 0 Å². The molecule has 0 aliphatic heterocycles. The number of nitro groups is 1. The Balaban J connectivity index is 2.41. The molecule has 0 bridgehead atoms. The molecule has 0 radical (unpaired) electrons. The molecule has 19 heavy (non-hydrogen) atoms. The molecular weight excluding hydrogens is 244 g/mol. The minimum Gasteiger partial charge on any atom is -0.293 e. The van der Waals surface area contributed by atoms with Gasteiger partial charge in [-0.1, -0.05) is 0 Å². The highest BCUT2D eigenvalue weighted by molar-refractivity contribution is 5.61. The van der Waals surface area contributed by atoms with E-state index in [-0.39, 0.29) is 11.3 Å². The van der Waals surface area contributed by atoms with Gasteiger partial charge in [-0.3, -0.25) is 20.2 Å². The fourth-order valence-corrected chi connectivity index (χ4v) is 1.80. The van der Waals surface area contributed by atoms with Gasteiger partial charge in [0.2, 0.25) is 0 Å². The van der Waals surface area contributed by atoms with Crippen molar-refractivity contribution in [2.45, 2.75) is 13.8 Å². The van der Waals surface area contributed by atoms with Crippen LogP contribution in [0.1, 0.15) is 17.0 Å². The normalized spacial score (nSPS) is 9.95. The Labute approximate surface area is 110 Å². The van der Waals surface area contributed by atoms with E-state index in [0.29, 0.717) is 5.69 Å². The maximum Gasteiger partial charge on any atom is 0.270 e. The largest absolute Gasteiger partial charge is 0.293 e. The topological polar surface area (TPSA) is 83.9 Å². The molecule has 6 nitrogen and oxygen atoms in total. The van der Waals surface area contributed by atoms with Gasteiger partial charge in [0.05, 0.1) is 16.2 Å². The first-order valence-electron chi connectivity index (χ1n) is 5.63. The summed E-state index contributed by atoms with van der Waals surface area (Å²) in [5.41, 5.74) is 5.73. The molecule has 0 aliphatic carbocycles. The van der Waals surface area contributed by atoms with Crippen molar-refractivity contribution in [3.63, 3.8) is 0 Å². The molecule has 0 spiro atoms. The van der Waals surface area contributed by atoms with Gasteiger partial charge in [0.1, 0.15) is 6.07 Å². The summed E-state index contributed by atoms with van der Waals surface area (Å²) in [7, 11) is 0. The van der Waals surface area contributed by atoms with Crippen LogP contribution in [0.3, 0.4) is 0 Å². The van der Waals surface area contributed by atoms with Crippen molar-refractivity contribution in [1.82, 2.24) is 4.68 Å². The van der Waals surface area contributed by atoms with E-state index in [0.717, 1.165) is 11.4 Å². The van der Waals surface area contributed by atoms with Gasteiger partial charge in [-0.15, -0.1) is 0 Å². The molecular formula is C13H12N4O2. The lowest BCUT2D eigenvalue weighted by Crippen LogP contribution is -2.13. The molecule has 0 unspecified atom stereocenters. The Hall–Kier alpha value is -2.81. The summed E-state index contributed by atoms with van der Waals surface area (Å²) < 4.78 is 1.82. The SMILES string of the molecule is Cc1ccc(C)n1Nc1ccc([N+](=O)[O-])cc1C#N. The van der Waals surface area contributed by atoms with E-state index in [1.807, 2.05) is 36.7 Å². The average Bonchev–Trinajstić information content (AvgIpc) is 2.70. The molecule has 2 rings (SSSR count). The summed E-state index contributed by atoms with van der Waals surface area (Å²) >= 11 is 0. The number of nitro benzene ring substituents is 1. The predicted molar refractivity (Wildman–Crippen MR) is 70.7 cm³/mol. The van der Waals surface area contributed by atoms with Crippen LogP contribution in [0.2, 0.25) is 0 Å². The molecule has 96 valence electrons. The zero-order valence-electron chi connectivity index (χ0n) is 10.5. The van der Waals surface area contributed by atoms with Crippen LogP contribution < -0.4 is 5.43 Å². The number of nitriles is 1. The van der Waals surface area contributed by atoms with Crippen LogP contribution in [0, 0.1) is 35.3 Å². The highest BCUT2D eigenvalue weighted by atomic mass is 16.6. The lowest BCUT2D eigenvalue weighted by molar-refractivity contribution is -0.384. The van der Waals surface area contributed by atoms with Crippen molar-refractivity contribution in [3.05, 3.63) is 57.4 Å². The van der Waals surface area contributed by atoms with Gasteiger partial charge >= 0.3 is 0 Å². The Morgan fingerprint density at radius 1 is 1.26 bits per heavy atom. The summed E-state index contributed by atoms with van der Waals surface area (Å²) in [4.78, 5) is 10.2. The second-order valence-electron chi connectivity index (χ2n) is 4.16. The number of nitrogens with zero attached hydrogens (tertiary/aromatic N) is 3. The number of hydrogen-bond acceptors (Lipinski definition) is 4. The van der Waals surface area contributed by atoms with Gasteiger partial charge in [-0.05, 0) is 32.0 Å². The van der Waals surface area contributed by atoms with Crippen molar-refractivity contribution in [2.75, 3.05) is 5.43 Å². The zero-order chi connectivity index (χ0) is 14.0. The van der Waals surface area contributed by atoms with E-state index in [4.69, 9.17) is 5.26 Å². The van der Waals surface area contributed by atoms with Crippen LogP contribution in [-0.2, 0) is 0 Å². The minimum absolute atomic E-state index is 0.0944. The standard InChI is InChI=1S/C13H12N4O2/c1-9-3-4-10(2)16(9)15-13-6-5-12(17(18)19)7-11(13)8-14/h3-7,15H,1-2H3. The Bertz CT molecular complexity index is 663. The highest BCUT2D eigenvalue weighted by Gasteiger charge is 2.11. The minimum atomic E-state index is -0.517. The number of rotatable bonds is 3. The van der Waals surface area contributed by atoms with Crippen molar-refractivity contribution in [1.29, 1.82) is 5.26 Å². The third-order valence-corrected chi connectivity index (χ3v) is 2.84. The van der Waals surface area contributed by atoms with Gasteiger partial charge in [-0.25, -0.2) is 0 Å². The van der Waals surface area contributed by atoms with Crippen LogP contribution in [0.5, 0.6) is 0 Å². The first-order valence-corrected chi connectivity index (χ1v) is 5.63. The number of nitrogens with one attached hydrogen (secondary N) is 1. The first-order chi connectivity index (χ1) is 9.02. The molecule has 1 N–H and O–H groups in total. The second-order valence-corrected chi connectivity index (χ2v) is 4.16. The molecule has 0 saturated heterocycles. The molecule has 1 heterocycles. The molecule has 0 aliphatic rings. The zero-order valence-corrected chi connectivity index (χ0v) is 10.5. The summed E-state index contributed by atoms with van der Waals surface area (Å²) in [5, 5.41) is 19.7. The molecule has 1 aromatic carbocycles. The fraction of sp³-hybridized carbons (Fsp3) is 0.154. The van der Waals surface area contributed by atoms with Gasteiger partial charge < -0.3 is 0 Å². The summed E-state index contributed by atoms with van der Waals surface area (Å²) in [6.07, 6.45) is 0. The molecule has 0 amide bonds.